The van der Waals surface area contributed by atoms with Crippen molar-refractivity contribution in [2.75, 3.05) is 18.8 Å². The van der Waals surface area contributed by atoms with Gasteiger partial charge >= 0.3 is 0 Å². The Balaban J connectivity index is 1.53. The molecule has 0 bridgehead atoms. The van der Waals surface area contributed by atoms with Gasteiger partial charge in [-0.15, -0.1) is 0 Å². The van der Waals surface area contributed by atoms with Gasteiger partial charge in [-0.2, -0.15) is 0 Å². The van der Waals surface area contributed by atoms with Crippen LogP contribution in [0.4, 0.5) is 0 Å². The third-order valence-corrected chi connectivity index (χ3v) is 8.03. The van der Waals surface area contributed by atoms with Crippen LogP contribution in [0.2, 0.25) is 0 Å². The Morgan fingerprint density at radius 3 is 2.39 bits per heavy atom. The fourth-order valence-electron chi connectivity index (χ4n) is 4.75. The van der Waals surface area contributed by atoms with Crippen LogP contribution in [0.5, 0.6) is 0 Å². The molecule has 1 aliphatic heterocycles. The lowest BCUT2D eigenvalue weighted by molar-refractivity contribution is -0.132. The third kappa shape index (κ3) is 5.11. The zero-order chi connectivity index (χ0) is 21.8. The predicted octanol–water partition coefficient (Wildman–Crippen LogP) is 2.88. The number of carbonyl (C=O) groups excluding carboxylic acids is 2. The van der Waals surface area contributed by atoms with Gasteiger partial charge in [-0.1, -0.05) is 37.5 Å². The van der Waals surface area contributed by atoms with E-state index in [2.05, 4.69) is 5.32 Å². The summed E-state index contributed by atoms with van der Waals surface area (Å²) in [5, 5.41) is 3.44. The van der Waals surface area contributed by atoms with Crippen LogP contribution in [0, 0.1) is 0 Å². The number of carbonyl (C=O) groups is 2. The molecule has 2 aliphatic rings. The molecule has 0 atom stereocenters. The highest BCUT2D eigenvalue weighted by molar-refractivity contribution is 7.92. The van der Waals surface area contributed by atoms with Crippen molar-refractivity contribution >= 4 is 32.6 Å². The third-order valence-electron chi connectivity index (χ3n) is 6.39. The highest BCUT2D eigenvalue weighted by atomic mass is 32.2. The predicted molar refractivity (Wildman–Crippen MR) is 119 cm³/mol. The number of para-hydroxylation sites is 1. The molecule has 1 aromatic carbocycles. The minimum Gasteiger partial charge on any atom is -0.352 e. The van der Waals surface area contributed by atoms with Crippen molar-refractivity contribution in [3.63, 3.8) is 0 Å². The number of hydrogen-bond donors (Lipinski definition) is 1. The van der Waals surface area contributed by atoms with Gasteiger partial charge in [0.1, 0.15) is 12.3 Å². The van der Waals surface area contributed by atoms with Crippen molar-refractivity contribution in [1.82, 2.24) is 14.8 Å². The van der Waals surface area contributed by atoms with E-state index in [-0.39, 0.29) is 23.4 Å². The second-order valence-electron chi connectivity index (χ2n) is 8.74. The van der Waals surface area contributed by atoms with Gasteiger partial charge < -0.3 is 14.8 Å². The Bertz CT molecular complexity index is 1050. The molecular weight excluding hydrogens is 414 g/mol. The average molecular weight is 446 g/mol. The highest BCUT2D eigenvalue weighted by Crippen LogP contribution is 2.27. The van der Waals surface area contributed by atoms with E-state index in [9.17, 15) is 18.0 Å². The lowest BCUT2D eigenvalue weighted by Gasteiger charge is -2.27. The maximum Gasteiger partial charge on any atom is 0.242 e. The fourth-order valence-corrected chi connectivity index (χ4v) is 6.13. The van der Waals surface area contributed by atoms with Crippen molar-refractivity contribution in [3.8, 4) is 0 Å². The first-order valence-corrected chi connectivity index (χ1v) is 13.0. The minimum atomic E-state index is -3.83. The van der Waals surface area contributed by atoms with E-state index >= 15 is 0 Å². The van der Waals surface area contributed by atoms with E-state index in [0.717, 1.165) is 58.0 Å². The van der Waals surface area contributed by atoms with Gasteiger partial charge in [-0.05, 0) is 38.2 Å². The van der Waals surface area contributed by atoms with Crippen molar-refractivity contribution < 1.29 is 18.0 Å². The molecule has 168 valence electrons. The Morgan fingerprint density at radius 1 is 0.968 bits per heavy atom. The Morgan fingerprint density at radius 2 is 1.65 bits per heavy atom. The first-order chi connectivity index (χ1) is 14.9. The monoisotopic (exact) mass is 445 g/mol. The molecule has 2 fully saturated rings. The second kappa shape index (κ2) is 9.42. The Hall–Kier alpha value is -2.35. The van der Waals surface area contributed by atoms with Gasteiger partial charge in [0.15, 0.2) is 9.84 Å². The van der Waals surface area contributed by atoms with Gasteiger partial charge in [0.2, 0.25) is 11.8 Å². The number of benzene rings is 1. The molecule has 8 heteroatoms. The van der Waals surface area contributed by atoms with Crippen molar-refractivity contribution in [2.24, 2.45) is 0 Å². The quantitative estimate of drug-likeness (QED) is 0.741. The number of likely N-dealkylation sites (tertiary alicyclic amines) is 1. The van der Waals surface area contributed by atoms with Crippen LogP contribution in [0.3, 0.4) is 0 Å². The molecule has 1 saturated heterocycles. The summed E-state index contributed by atoms with van der Waals surface area (Å²) >= 11 is 0. The van der Waals surface area contributed by atoms with Crippen molar-refractivity contribution in [2.45, 2.75) is 68.8 Å². The molecule has 0 radical (unpaired) electrons. The van der Waals surface area contributed by atoms with Crippen molar-refractivity contribution in [1.29, 1.82) is 0 Å². The molecule has 2 heterocycles. The fraction of sp³-hybridized carbons (Fsp3) is 0.565. The molecule has 0 unspecified atom stereocenters. The summed E-state index contributed by atoms with van der Waals surface area (Å²) in [6.45, 7) is 1.61. The van der Waals surface area contributed by atoms with Crippen LogP contribution in [0.25, 0.3) is 10.9 Å². The van der Waals surface area contributed by atoms with Crippen LogP contribution in [0.1, 0.15) is 51.4 Å². The normalized spacial score (nSPS) is 18.3. The maximum absolute atomic E-state index is 13.1. The number of nitrogens with one attached hydrogen (secondary N) is 1. The Kier molecular flexibility index (Phi) is 6.65. The first kappa shape index (κ1) is 21.9. The van der Waals surface area contributed by atoms with E-state index in [1.807, 2.05) is 17.0 Å². The van der Waals surface area contributed by atoms with E-state index in [4.69, 9.17) is 0 Å². The zero-order valence-corrected chi connectivity index (χ0v) is 18.7. The maximum atomic E-state index is 13.1. The highest BCUT2D eigenvalue weighted by Gasteiger charge is 2.27. The van der Waals surface area contributed by atoms with Crippen molar-refractivity contribution in [3.05, 3.63) is 30.5 Å². The Labute approximate surface area is 183 Å². The van der Waals surface area contributed by atoms with Crippen LogP contribution >= 0.6 is 0 Å². The summed E-state index contributed by atoms with van der Waals surface area (Å²) in [4.78, 5) is 27.2. The minimum absolute atomic E-state index is 0.000516. The average Bonchev–Trinajstić information content (AvgIpc) is 3.14. The van der Waals surface area contributed by atoms with Gasteiger partial charge in [0.05, 0.1) is 4.90 Å². The molecule has 2 aromatic rings. The van der Waals surface area contributed by atoms with E-state index in [0.29, 0.717) is 10.9 Å². The second-order valence-corrected chi connectivity index (χ2v) is 10.7. The molecule has 1 aliphatic carbocycles. The van der Waals surface area contributed by atoms with Crippen LogP contribution in [-0.4, -0.2) is 54.6 Å². The number of sulfone groups is 1. The topological polar surface area (TPSA) is 88.5 Å². The number of fused-ring (bicyclic) bond motifs is 1. The largest absolute Gasteiger partial charge is 0.352 e. The number of nitrogens with zero attached hydrogens (tertiary/aromatic N) is 2. The van der Waals surface area contributed by atoms with Gasteiger partial charge in [0.25, 0.3) is 0 Å². The number of piperidine rings is 1. The van der Waals surface area contributed by atoms with Gasteiger partial charge in [-0.3, -0.25) is 9.59 Å². The summed E-state index contributed by atoms with van der Waals surface area (Å²) < 4.78 is 28.0. The van der Waals surface area contributed by atoms with Gasteiger partial charge in [0, 0.05) is 36.2 Å². The van der Waals surface area contributed by atoms with E-state index in [1.54, 1.807) is 16.7 Å². The molecule has 7 nitrogen and oxygen atoms in total. The smallest absolute Gasteiger partial charge is 0.242 e. The molecule has 4 rings (SSSR count). The summed E-state index contributed by atoms with van der Waals surface area (Å²) in [5.41, 5.74) is 0.694. The lowest BCUT2D eigenvalue weighted by Crippen LogP contribution is -2.39. The number of rotatable bonds is 6. The zero-order valence-electron chi connectivity index (χ0n) is 17.9. The molecule has 1 aromatic heterocycles. The van der Waals surface area contributed by atoms with E-state index in [1.165, 1.54) is 12.6 Å². The number of aromatic nitrogens is 1. The SMILES string of the molecule is O=C(CS(=O)(=O)c1cn(CC(=O)N2CCCCC2)c2ccccc12)NC1CCCCC1. The summed E-state index contributed by atoms with van der Waals surface area (Å²) in [6, 6.07) is 7.24. The summed E-state index contributed by atoms with van der Waals surface area (Å²) in [6.07, 6.45) is 9.79. The summed E-state index contributed by atoms with van der Waals surface area (Å²) in [7, 11) is -3.83. The molecule has 0 spiro atoms. The summed E-state index contributed by atoms with van der Waals surface area (Å²) in [5.74, 6) is -1.02. The number of amides is 2. The van der Waals surface area contributed by atoms with Crippen LogP contribution < -0.4 is 5.32 Å². The molecular formula is C23H31N3O4S. The first-order valence-electron chi connectivity index (χ1n) is 11.3. The molecule has 1 saturated carbocycles. The van der Waals surface area contributed by atoms with E-state index < -0.39 is 21.5 Å². The molecule has 2 amide bonds. The lowest BCUT2D eigenvalue weighted by atomic mass is 9.95. The van der Waals surface area contributed by atoms with Gasteiger partial charge in [-0.25, -0.2) is 8.42 Å². The molecule has 31 heavy (non-hydrogen) atoms. The van der Waals surface area contributed by atoms with Crippen LogP contribution in [0.15, 0.2) is 35.4 Å². The van der Waals surface area contributed by atoms with Crippen LogP contribution in [-0.2, 0) is 26.0 Å². The molecule has 1 N–H and O–H groups in total. The standard InChI is InChI=1S/C23H31N3O4S/c27-22(24-18-9-3-1-4-10-18)17-31(29,30)21-15-26(20-12-6-5-11-19(20)21)16-23(28)25-13-7-2-8-14-25/h5-6,11-12,15,18H,1-4,7-10,13-14,16-17H2,(H,24,27). The number of hydrogen-bond acceptors (Lipinski definition) is 4.